The highest BCUT2D eigenvalue weighted by molar-refractivity contribution is 4.73. The minimum atomic E-state index is 0.843. The van der Waals surface area contributed by atoms with Gasteiger partial charge in [0.05, 0.1) is 0 Å². The average molecular weight is 367 g/mol. The summed E-state index contributed by atoms with van der Waals surface area (Å²) in [6.45, 7) is 21.7. The van der Waals surface area contributed by atoms with Crippen LogP contribution >= 0.6 is 0 Å². The first-order chi connectivity index (χ1) is 12.1. The van der Waals surface area contributed by atoms with Crippen LogP contribution in [0.2, 0.25) is 0 Å². The van der Waals surface area contributed by atoms with Gasteiger partial charge in [0, 0.05) is 0 Å². The van der Waals surface area contributed by atoms with Crippen LogP contribution in [0.15, 0.2) is 0 Å². The number of hydrogen-bond donors (Lipinski definition) is 0. The maximum Gasteiger partial charge on any atom is -0.0407 e. The van der Waals surface area contributed by atoms with Crippen molar-refractivity contribution < 1.29 is 0 Å². The molecule has 0 radical (unpaired) electrons. The largest absolute Gasteiger partial charge is 0.0654 e. The first-order valence-corrected chi connectivity index (χ1v) is 12.1. The normalized spacial score (nSPS) is 17.1. The minimum absolute atomic E-state index is 0.843. The van der Waals surface area contributed by atoms with Crippen molar-refractivity contribution in [3.8, 4) is 0 Å². The van der Waals surface area contributed by atoms with E-state index in [-0.39, 0.29) is 0 Å². The lowest BCUT2D eigenvalue weighted by molar-refractivity contribution is 0.221. The Morgan fingerprint density at radius 1 is 0.462 bits per heavy atom. The van der Waals surface area contributed by atoms with E-state index in [0.29, 0.717) is 0 Å². The molecular formula is C26H54. The summed E-state index contributed by atoms with van der Waals surface area (Å²) in [7, 11) is 0. The molecule has 0 aromatic carbocycles. The molecule has 4 atom stereocenters. The molecule has 0 heteroatoms. The fourth-order valence-corrected chi connectivity index (χ4v) is 5.38. The van der Waals surface area contributed by atoms with Crippen LogP contribution in [0.5, 0.6) is 0 Å². The number of hydrogen-bond acceptors (Lipinski definition) is 0. The molecule has 0 fully saturated rings. The molecule has 0 nitrogen and oxygen atoms in total. The average Bonchev–Trinajstić information content (AvgIpc) is 2.44. The fourth-order valence-electron chi connectivity index (χ4n) is 5.38. The van der Waals surface area contributed by atoms with Gasteiger partial charge in [0.1, 0.15) is 0 Å². The second-order valence-corrected chi connectivity index (χ2v) is 11.0. The summed E-state index contributed by atoms with van der Waals surface area (Å²) in [5.74, 6) is 6.23. The minimum Gasteiger partial charge on any atom is -0.0654 e. The Morgan fingerprint density at radius 3 is 1.35 bits per heavy atom. The van der Waals surface area contributed by atoms with Gasteiger partial charge in [0.2, 0.25) is 0 Å². The van der Waals surface area contributed by atoms with Gasteiger partial charge in [0.25, 0.3) is 0 Å². The molecule has 158 valence electrons. The van der Waals surface area contributed by atoms with Gasteiger partial charge in [-0.25, -0.2) is 0 Å². The van der Waals surface area contributed by atoms with Crippen LogP contribution in [-0.4, -0.2) is 0 Å². The lowest BCUT2D eigenvalue weighted by atomic mass is 9.76. The molecular weight excluding hydrogens is 312 g/mol. The van der Waals surface area contributed by atoms with Gasteiger partial charge in [-0.1, -0.05) is 88.0 Å². The van der Waals surface area contributed by atoms with E-state index >= 15 is 0 Å². The first-order valence-electron chi connectivity index (χ1n) is 12.1. The topological polar surface area (TPSA) is 0 Å². The molecule has 0 saturated heterocycles. The Balaban J connectivity index is 4.83. The zero-order valence-electron chi connectivity index (χ0n) is 20.1. The predicted molar refractivity (Wildman–Crippen MR) is 122 cm³/mol. The van der Waals surface area contributed by atoms with Gasteiger partial charge in [-0.2, -0.15) is 0 Å². The van der Waals surface area contributed by atoms with E-state index in [4.69, 9.17) is 0 Å². The van der Waals surface area contributed by atoms with Crippen LogP contribution in [0.1, 0.15) is 127 Å². The highest BCUT2D eigenvalue weighted by Crippen LogP contribution is 2.34. The summed E-state index contributed by atoms with van der Waals surface area (Å²) in [6.07, 6.45) is 14.4. The lowest BCUT2D eigenvalue weighted by Gasteiger charge is -2.29. The molecule has 0 N–H and O–H groups in total. The number of rotatable bonds is 16. The Labute approximate surface area is 168 Å². The van der Waals surface area contributed by atoms with Crippen molar-refractivity contribution in [3.05, 3.63) is 0 Å². The van der Waals surface area contributed by atoms with Crippen molar-refractivity contribution in [3.63, 3.8) is 0 Å². The van der Waals surface area contributed by atoms with Gasteiger partial charge in [0.15, 0.2) is 0 Å². The van der Waals surface area contributed by atoms with E-state index in [1.165, 1.54) is 64.2 Å². The maximum atomic E-state index is 2.51. The van der Waals surface area contributed by atoms with Crippen molar-refractivity contribution in [2.75, 3.05) is 0 Å². The third-order valence-electron chi connectivity index (χ3n) is 5.91. The van der Waals surface area contributed by atoms with Crippen molar-refractivity contribution >= 4 is 0 Å². The van der Waals surface area contributed by atoms with Gasteiger partial charge in [-0.15, -0.1) is 0 Å². The lowest BCUT2D eigenvalue weighted by Crippen LogP contribution is -2.17. The summed E-state index contributed by atoms with van der Waals surface area (Å²) in [6, 6.07) is 0. The molecule has 0 aromatic rings. The second-order valence-electron chi connectivity index (χ2n) is 11.0. The summed E-state index contributed by atoms with van der Waals surface area (Å²) in [5, 5.41) is 0. The Bertz CT molecular complexity index is 301. The molecule has 0 aliphatic rings. The summed E-state index contributed by atoms with van der Waals surface area (Å²) >= 11 is 0. The zero-order valence-corrected chi connectivity index (χ0v) is 20.1. The molecule has 0 amide bonds. The highest BCUT2D eigenvalue weighted by atomic mass is 14.3. The predicted octanol–water partition coefficient (Wildman–Crippen LogP) is 9.38. The maximum absolute atomic E-state index is 2.51. The van der Waals surface area contributed by atoms with Gasteiger partial charge >= 0.3 is 0 Å². The molecule has 0 aromatic heterocycles. The van der Waals surface area contributed by atoms with E-state index in [2.05, 4.69) is 62.3 Å². The molecule has 0 aliphatic carbocycles. The molecule has 4 unspecified atom stereocenters. The van der Waals surface area contributed by atoms with Gasteiger partial charge in [-0.3, -0.25) is 0 Å². The Hall–Kier alpha value is 0. The molecule has 0 bridgehead atoms. The Morgan fingerprint density at radius 2 is 0.923 bits per heavy atom. The smallest absolute Gasteiger partial charge is 0.0407 e. The zero-order chi connectivity index (χ0) is 20.1. The monoisotopic (exact) mass is 366 g/mol. The van der Waals surface area contributed by atoms with Crippen molar-refractivity contribution in [1.29, 1.82) is 0 Å². The van der Waals surface area contributed by atoms with Crippen LogP contribution in [0, 0.1) is 41.4 Å². The molecule has 26 heavy (non-hydrogen) atoms. The third kappa shape index (κ3) is 15.1. The van der Waals surface area contributed by atoms with Crippen LogP contribution in [0.25, 0.3) is 0 Å². The number of unbranched alkanes of at least 4 members (excludes halogenated alkanes) is 2. The third-order valence-corrected chi connectivity index (χ3v) is 5.91. The Kier molecular flexibility index (Phi) is 15.0. The summed E-state index contributed by atoms with van der Waals surface area (Å²) in [4.78, 5) is 0. The fraction of sp³-hybridized carbons (Fsp3) is 1.00. The quantitative estimate of drug-likeness (QED) is 0.239. The van der Waals surface area contributed by atoms with E-state index < -0.39 is 0 Å². The molecule has 0 saturated carbocycles. The SMILES string of the molecule is CCCCCC(CC(C)CC(C)C)CC(CC(C)C)CC(C)CC(C)C. The molecule has 0 spiro atoms. The van der Waals surface area contributed by atoms with E-state index in [9.17, 15) is 0 Å². The van der Waals surface area contributed by atoms with Crippen LogP contribution in [-0.2, 0) is 0 Å². The van der Waals surface area contributed by atoms with Crippen molar-refractivity contribution in [1.82, 2.24) is 0 Å². The van der Waals surface area contributed by atoms with E-state index in [1.54, 1.807) is 0 Å². The molecule has 0 aliphatic heterocycles. The summed E-state index contributed by atoms with van der Waals surface area (Å²) < 4.78 is 0. The standard InChI is InChI=1S/C26H54/c1-10-11-12-13-25(17-23(8)14-20(2)3)19-26(16-22(6)7)18-24(9)15-21(4)5/h20-26H,10-19H2,1-9H3. The van der Waals surface area contributed by atoms with Crippen LogP contribution in [0.4, 0.5) is 0 Å². The van der Waals surface area contributed by atoms with Gasteiger partial charge in [-0.05, 0) is 80.0 Å². The van der Waals surface area contributed by atoms with E-state index in [0.717, 1.165) is 41.4 Å². The van der Waals surface area contributed by atoms with Crippen molar-refractivity contribution in [2.45, 2.75) is 127 Å². The van der Waals surface area contributed by atoms with Crippen LogP contribution < -0.4 is 0 Å². The van der Waals surface area contributed by atoms with Gasteiger partial charge < -0.3 is 0 Å². The van der Waals surface area contributed by atoms with Crippen LogP contribution in [0.3, 0.4) is 0 Å². The van der Waals surface area contributed by atoms with E-state index in [1.807, 2.05) is 0 Å². The van der Waals surface area contributed by atoms with Crippen molar-refractivity contribution in [2.24, 2.45) is 41.4 Å². The first kappa shape index (κ1) is 26.0. The second kappa shape index (κ2) is 15.0. The molecule has 0 heterocycles. The highest BCUT2D eigenvalue weighted by Gasteiger charge is 2.22. The summed E-state index contributed by atoms with van der Waals surface area (Å²) in [5.41, 5.74) is 0. The molecule has 0 rings (SSSR count).